The molecular weight excluding hydrogens is 280 g/mol. The molecule has 2 aromatic heterocycles. The van der Waals surface area contributed by atoms with Crippen molar-refractivity contribution in [1.82, 2.24) is 24.3 Å². The molecule has 0 aliphatic heterocycles. The normalized spacial score (nSPS) is 11.9. The lowest BCUT2D eigenvalue weighted by Gasteiger charge is -2.07. The van der Waals surface area contributed by atoms with Gasteiger partial charge in [0, 0.05) is 39.0 Å². The summed E-state index contributed by atoms with van der Waals surface area (Å²) in [5.74, 6) is 0.0121. The third-order valence-corrected chi connectivity index (χ3v) is 4.79. The number of nitrogens with two attached hydrogens (primary N) is 1. The lowest BCUT2D eigenvalue weighted by molar-refractivity contribution is 0.579. The van der Waals surface area contributed by atoms with E-state index in [2.05, 4.69) is 14.9 Å². The minimum absolute atomic E-state index is 0.0121. The molecule has 0 fully saturated rings. The number of rotatable bonds is 5. The Hall–Kier alpha value is -1.87. The van der Waals surface area contributed by atoms with Crippen molar-refractivity contribution in [2.45, 2.75) is 18.2 Å². The van der Waals surface area contributed by atoms with Crippen LogP contribution in [0.3, 0.4) is 0 Å². The van der Waals surface area contributed by atoms with Crippen LogP contribution in [-0.4, -0.2) is 34.5 Å². The monoisotopic (exact) mass is 298 g/mol. The van der Waals surface area contributed by atoms with Gasteiger partial charge in [-0.05, 0) is 13.0 Å². The number of aromatic nitrogens is 4. The summed E-state index contributed by atoms with van der Waals surface area (Å²) in [6.45, 7) is 1.94. The van der Waals surface area contributed by atoms with E-state index >= 15 is 0 Å². The fraction of sp³-hybridized carbons (Fsp3) is 0.455. The van der Waals surface area contributed by atoms with E-state index in [4.69, 9.17) is 5.73 Å². The van der Waals surface area contributed by atoms with Gasteiger partial charge in [0.1, 0.15) is 4.90 Å². The summed E-state index contributed by atoms with van der Waals surface area (Å²) in [6, 6.07) is 1.85. The van der Waals surface area contributed by atoms with Gasteiger partial charge in [-0.1, -0.05) is 0 Å². The van der Waals surface area contributed by atoms with E-state index < -0.39 is 10.0 Å². The van der Waals surface area contributed by atoms with E-state index in [1.165, 1.54) is 4.68 Å². The largest absolute Gasteiger partial charge is 0.381 e. The van der Waals surface area contributed by atoms with Gasteiger partial charge in [0.2, 0.25) is 10.0 Å². The molecule has 0 saturated heterocycles. The van der Waals surface area contributed by atoms with Crippen LogP contribution in [0.15, 0.2) is 17.2 Å². The number of sulfonamides is 1. The van der Waals surface area contributed by atoms with E-state index in [0.29, 0.717) is 12.1 Å². The van der Waals surface area contributed by atoms with Crippen LogP contribution < -0.4 is 10.5 Å². The highest BCUT2D eigenvalue weighted by atomic mass is 32.2. The van der Waals surface area contributed by atoms with Gasteiger partial charge in [-0.15, -0.1) is 0 Å². The Kier molecular flexibility index (Phi) is 3.82. The smallest absolute Gasteiger partial charge is 0.246 e. The number of nitrogens with one attached hydrogen (secondary N) is 1. The van der Waals surface area contributed by atoms with Crippen molar-refractivity contribution in [1.29, 1.82) is 0 Å². The summed E-state index contributed by atoms with van der Waals surface area (Å²) < 4.78 is 30.2. The molecule has 3 N–H and O–H groups in total. The topological polar surface area (TPSA) is 108 Å². The quantitative estimate of drug-likeness (QED) is 0.778. The number of hydrogen-bond donors (Lipinski definition) is 2. The fourth-order valence-electron chi connectivity index (χ4n) is 1.98. The lowest BCUT2D eigenvalue weighted by atomic mass is 10.3. The second-order valence-electron chi connectivity index (χ2n) is 4.52. The van der Waals surface area contributed by atoms with E-state index in [1.807, 2.05) is 13.1 Å². The molecule has 2 heterocycles. The predicted molar refractivity (Wildman–Crippen MR) is 74.5 cm³/mol. The van der Waals surface area contributed by atoms with Crippen LogP contribution in [0.5, 0.6) is 0 Å². The average molecular weight is 298 g/mol. The lowest BCUT2D eigenvalue weighted by Crippen LogP contribution is -2.27. The first-order valence-electron chi connectivity index (χ1n) is 6.08. The first-order valence-corrected chi connectivity index (χ1v) is 7.57. The van der Waals surface area contributed by atoms with E-state index in [9.17, 15) is 8.42 Å². The zero-order valence-electron chi connectivity index (χ0n) is 11.7. The van der Waals surface area contributed by atoms with Gasteiger partial charge < -0.3 is 5.73 Å². The Morgan fingerprint density at radius 2 is 2.05 bits per heavy atom. The van der Waals surface area contributed by atoms with Gasteiger partial charge in [0.25, 0.3) is 0 Å². The highest BCUT2D eigenvalue weighted by Crippen LogP contribution is 2.20. The summed E-state index contributed by atoms with van der Waals surface area (Å²) in [4.78, 5) is 0.0463. The number of nitrogens with zero attached hydrogens (tertiary/aromatic N) is 4. The third kappa shape index (κ3) is 2.68. The maximum atomic E-state index is 12.2. The first kappa shape index (κ1) is 14.5. The molecule has 2 aromatic rings. The molecular formula is C11H18N6O2S. The van der Waals surface area contributed by atoms with Crippen LogP contribution in [0.25, 0.3) is 0 Å². The molecule has 0 atom stereocenters. The molecule has 0 bridgehead atoms. The summed E-state index contributed by atoms with van der Waals surface area (Å²) >= 11 is 0. The maximum Gasteiger partial charge on any atom is 0.246 e. The Morgan fingerprint density at radius 3 is 2.55 bits per heavy atom. The summed E-state index contributed by atoms with van der Waals surface area (Å²) in [7, 11) is -0.189. The molecule has 2 rings (SSSR count). The molecule has 20 heavy (non-hydrogen) atoms. The molecule has 0 radical (unpaired) electrons. The standard InChI is InChI=1S/C11H18N6O2S/c1-8-10(11(12)15-16(8)2)20(18,19)14-7-5-9-4-6-13-17(9)3/h4,6,14H,5,7H2,1-3H3,(H2,12,15). The number of aryl methyl sites for hydroxylation is 2. The summed E-state index contributed by atoms with van der Waals surface area (Å²) in [5.41, 5.74) is 7.11. The molecule has 0 unspecified atom stereocenters. The van der Waals surface area contributed by atoms with Crippen molar-refractivity contribution in [2.24, 2.45) is 14.1 Å². The maximum absolute atomic E-state index is 12.2. The Bertz CT molecular complexity index is 715. The van der Waals surface area contributed by atoms with E-state index in [-0.39, 0.29) is 17.3 Å². The molecule has 0 aliphatic carbocycles. The zero-order valence-corrected chi connectivity index (χ0v) is 12.5. The van der Waals surface area contributed by atoms with Gasteiger partial charge in [-0.25, -0.2) is 13.1 Å². The molecule has 0 aromatic carbocycles. The minimum Gasteiger partial charge on any atom is -0.381 e. The van der Waals surface area contributed by atoms with E-state index in [1.54, 1.807) is 24.9 Å². The van der Waals surface area contributed by atoms with Crippen LogP contribution in [0.1, 0.15) is 11.4 Å². The molecule has 0 amide bonds. The van der Waals surface area contributed by atoms with Crippen LogP contribution in [0, 0.1) is 6.92 Å². The Labute approximate surface area is 117 Å². The van der Waals surface area contributed by atoms with Crippen molar-refractivity contribution < 1.29 is 8.42 Å². The van der Waals surface area contributed by atoms with Gasteiger partial charge in [0.15, 0.2) is 5.82 Å². The van der Waals surface area contributed by atoms with Crippen molar-refractivity contribution in [2.75, 3.05) is 12.3 Å². The molecule has 0 aliphatic rings. The summed E-state index contributed by atoms with van der Waals surface area (Å²) in [6.07, 6.45) is 2.22. The molecule has 0 spiro atoms. The fourth-order valence-corrected chi connectivity index (χ4v) is 3.33. The van der Waals surface area contributed by atoms with Gasteiger partial charge >= 0.3 is 0 Å². The second-order valence-corrected chi connectivity index (χ2v) is 6.22. The van der Waals surface area contributed by atoms with Gasteiger partial charge in [-0.2, -0.15) is 10.2 Å². The SMILES string of the molecule is Cc1c(S(=O)(=O)NCCc2ccnn2C)c(N)nn1C. The first-order chi connectivity index (χ1) is 9.33. The Balaban J connectivity index is 2.10. The van der Waals surface area contributed by atoms with Gasteiger partial charge in [0.05, 0.1) is 5.69 Å². The highest BCUT2D eigenvalue weighted by Gasteiger charge is 2.24. The second kappa shape index (κ2) is 5.25. The van der Waals surface area contributed by atoms with Gasteiger partial charge in [-0.3, -0.25) is 9.36 Å². The highest BCUT2D eigenvalue weighted by molar-refractivity contribution is 7.89. The zero-order chi connectivity index (χ0) is 14.9. The predicted octanol–water partition coefficient (Wildman–Crippen LogP) is -0.435. The number of nitrogen functional groups attached to an aromatic ring is 1. The van der Waals surface area contributed by atoms with Crippen molar-refractivity contribution >= 4 is 15.8 Å². The Morgan fingerprint density at radius 1 is 1.35 bits per heavy atom. The average Bonchev–Trinajstić information content (AvgIpc) is 2.84. The van der Waals surface area contributed by atoms with Crippen molar-refractivity contribution in [3.05, 3.63) is 23.7 Å². The van der Waals surface area contributed by atoms with Crippen LogP contribution >= 0.6 is 0 Å². The molecule has 8 nitrogen and oxygen atoms in total. The minimum atomic E-state index is -3.65. The van der Waals surface area contributed by atoms with Crippen molar-refractivity contribution in [3.63, 3.8) is 0 Å². The third-order valence-electron chi connectivity index (χ3n) is 3.17. The van der Waals surface area contributed by atoms with E-state index in [0.717, 1.165) is 5.69 Å². The molecule has 0 saturated carbocycles. The summed E-state index contributed by atoms with van der Waals surface area (Å²) in [5, 5.41) is 7.94. The van der Waals surface area contributed by atoms with Crippen LogP contribution in [0.2, 0.25) is 0 Å². The van der Waals surface area contributed by atoms with Crippen LogP contribution in [0.4, 0.5) is 5.82 Å². The molecule has 110 valence electrons. The van der Waals surface area contributed by atoms with Crippen LogP contribution in [-0.2, 0) is 30.5 Å². The number of anilines is 1. The molecule has 9 heteroatoms. The van der Waals surface area contributed by atoms with Crippen molar-refractivity contribution in [3.8, 4) is 0 Å². The number of hydrogen-bond acceptors (Lipinski definition) is 5.